The number of aromatic nitrogens is 2. The first-order valence-corrected chi connectivity index (χ1v) is 4.94. The summed E-state index contributed by atoms with van der Waals surface area (Å²) in [6, 6.07) is 0.0502. The molecule has 1 N–H and O–H groups in total. The van der Waals surface area contributed by atoms with Crippen LogP contribution in [0.1, 0.15) is 19.9 Å². The molecule has 0 radical (unpaired) electrons. The number of esters is 1. The van der Waals surface area contributed by atoms with E-state index in [1.807, 2.05) is 13.8 Å². The summed E-state index contributed by atoms with van der Waals surface area (Å²) in [6.07, 6.45) is 3.12. The molecule has 1 aromatic heterocycles. The van der Waals surface area contributed by atoms with Gasteiger partial charge in [0.05, 0.1) is 7.11 Å². The fraction of sp³-hybridized carbons (Fsp3) is 0.500. The summed E-state index contributed by atoms with van der Waals surface area (Å²) in [5.74, 6) is -0.289. The molecule has 0 atom stereocenters. The predicted octanol–water partition coefficient (Wildman–Crippen LogP) is 0.409. The van der Waals surface area contributed by atoms with Crippen LogP contribution in [0.3, 0.4) is 0 Å². The van der Waals surface area contributed by atoms with Crippen LogP contribution in [0.25, 0.3) is 0 Å². The molecule has 0 fully saturated rings. The topological polar surface area (TPSA) is 73.2 Å². The second-order valence-electron chi connectivity index (χ2n) is 3.51. The molecule has 6 nitrogen and oxygen atoms in total. The van der Waals surface area contributed by atoms with Crippen LogP contribution >= 0.6 is 0 Å². The first kappa shape index (κ1) is 12.2. The van der Waals surface area contributed by atoms with Gasteiger partial charge in [-0.2, -0.15) is 0 Å². The van der Waals surface area contributed by atoms with Crippen molar-refractivity contribution in [1.82, 2.24) is 9.55 Å². The summed E-state index contributed by atoms with van der Waals surface area (Å²) < 4.78 is 5.99. The molecule has 1 heterocycles. The normalized spacial score (nSPS) is 10.2. The minimum Gasteiger partial charge on any atom is -0.468 e. The number of methoxy groups -OCH3 is 1. The highest BCUT2D eigenvalue weighted by Gasteiger charge is 2.08. The van der Waals surface area contributed by atoms with Gasteiger partial charge in [0.1, 0.15) is 6.54 Å². The van der Waals surface area contributed by atoms with Crippen LogP contribution in [0.2, 0.25) is 0 Å². The van der Waals surface area contributed by atoms with Gasteiger partial charge < -0.3 is 14.6 Å². The zero-order valence-electron chi connectivity index (χ0n) is 9.56. The maximum Gasteiger partial charge on any atom is 0.325 e. The van der Waals surface area contributed by atoms with Gasteiger partial charge in [-0.25, -0.2) is 4.98 Å². The van der Waals surface area contributed by atoms with Crippen molar-refractivity contribution in [2.45, 2.75) is 19.9 Å². The molecular weight excluding hydrogens is 210 g/mol. The van der Waals surface area contributed by atoms with E-state index in [1.165, 1.54) is 17.9 Å². The number of rotatable bonds is 4. The van der Waals surface area contributed by atoms with E-state index in [2.05, 4.69) is 15.0 Å². The average molecular weight is 225 g/mol. The molecule has 0 aliphatic carbocycles. The first-order chi connectivity index (χ1) is 7.56. The van der Waals surface area contributed by atoms with Crippen molar-refractivity contribution in [2.24, 2.45) is 0 Å². The molecule has 0 aromatic carbocycles. The van der Waals surface area contributed by atoms with E-state index in [9.17, 15) is 9.59 Å². The van der Waals surface area contributed by atoms with Crippen LogP contribution in [0.4, 0.5) is 5.82 Å². The molecule has 0 amide bonds. The number of hydrogen-bond acceptors (Lipinski definition) is 5. The average Bonchev–Trinajstić information content (AvgIpc) is 2.26. The van der Waals surface area contributed by atoms with Crippen molar-refractivity contribution >= 4 is 11.8 Å². The lowest BCUT2D eigenvalue weighted by molar-refractivity contribution is -0.138. The van der Waals surface area contributed by atoms with Gasteiger partial charge >= 0.3 is 5.97 Å². The lowest BCUT2D eigenvalue weighted by Crippen LogP contribution is -2.27. The van der Waals surface area contributed by atoms with Crippen molar-refractivity contribution in [3.63, 3.8) is 0 Å². The Hall–Kier alpha value is -1.85. The fourth-order valence-electron chi connectivity index (χ4n) is 1.18. The molecule has 0 bridgehead atoms. The maximum absolute atomic E-state index is 11.8. The zero-order chi connectivity index (χ0) is 12.1. The summed E-state index contributed by atoms with van der Waals surface area (Å²) in [5.41, 5.74) is -0.249. The quantitative estimate of drug-likeness (QED) is 0.751. The van der Waals surface area contributed by atoms with E-state index in [1.54, 1.807) is 6.20 Å². The lowest BCUT2D eigenvalue weighted by Gasteiger charge is -2.10. The Balaban J connectivity index is 2.86. The molecule has 0 unspecified atom stereocenters. The molecular formula is C10H15N3O3. The van der Waals surface area contributed by atoms with E-state index >= 15 is 0 Å². The summed E-state index contributed by atoms with van der Waals surface area (Å²) in [6.45, 7) is 3.72. The third-order valence-electron chi connectivity index (χ3n) is 2.05. The number of nitrogens with one attached hydrogen (secondary N) is 1. The van der Waals surface area contributed by atoms with Gasteiger partial charge in [-0.15, -0.1) is 0 Å². The fourth-order valence-corrected chi connectivity index (χ4v) is 1.18. The molecule has 0 saturated carbocycles. The zero-order valence-corrected chi connectivity index (χ0v) is 9.56. The van der Waals surface area contributed by atoms with Crippen molar-refractivity contribution < 1.29 is 9.53 Å². The smallest absolute Gasteiger partial charge is 0.325 e. The lowest BCUT2D eigenvalue weighted by atomic mass is 10.4. The van der Waals surface area contributed by atoms with Crippen molar-refractivity contribution in [3.8, 4) is 0 Å². The number of carbonyl (C=O) groups excluding carboxylic acids is 1. The largest absolute Gasteiger partial charge is 0.468 e. The Morgan fingerprint density at radius 1 is 1.62 bits per heavy atom. The summed E-state index contributed by atoms with van der Waals surface area (Å²) >= 11 is 0. The summed E-state index contributed by atoms with van der Waals surface area (Å²) in [7, 11) is 1.29. The van der Waals surface area contributed by atoms with E-state index < -0.39 is 5.97 Å². The van der Waals surface area contributed by atoms with Gasteiger partial charge in [-0.1, -0.05) is 0 Å². The number of ether oxygens (including phenoxy) is 1. The summed E-state index contributed by atoms with van der Waals surface area (Å²) in [5, 5.41) is 2.64. The van der Waals surface area contributed by atoms with Crippen molar-refractivity contribution in [2.75, 3.05) is 19.0 Å². The van der Waals surface area contributed by atoms with Gasteiger partial charge in [0, 0.05) is 18.4 Å². The molecule has 0 aliphatic rings. The van der Waals surface area contributed by atoms with Crippen molar-refractivity contribution in [1.29, 1.82) is 0 Å². The number of anilines is 1. The van der Waals surface area contributed by atoms with Crippen LogP contribution in [-0.2, 0) is 9.53 Å². The van der Waals surface area contributed by atoms with Crippen LogP contribution < -0.4 is 10.9 Å². The van der Waals surface area contributed by atoms with Crippen LogP contribution in [0.15, 0.2) is 17.2 Å². The van der Waals surface area contributed by atoms with Crippen LogP contribution in [0.5, 0.6) is 0 Å². The number of carbonyl (C=O) groups is 1. The standard InChI is InChI=1S/C10H15N3O3/c1-7(2)13-5-4-11-9(10(13)15)12-6-8(14)16-3/h4-5,7H,6H2,1-3H3,(H,11,12). The van der Waals surface area contributed by atoms with E-state index in [4.69, 9.17) is 0 Å². The molecule has 0 spiro atoms. The molecule has 88 valence electrons. The molecule has 16 heavy (non-hydrogen) atoms. The maximum atomic E-state index is 11.8. The molecule has 6 heteroatoms. The highest BCUT2D eigenvalue weighted by Crippen LogP contribution is 2.00. The van der Waals surface area contributed by atoms with Gasteiger partial charge in [-0.3, -0.25) is 9.59 Å². The molecule has 1 rings (SSSR count). The molecule has 1 aromatic rings. The van der Waals surface area contributed by atoms with E-state index in [0.717, 1.165) is 0 Å². The third kappa shape index (κ3) is 2.82. The molecule has 0 saturated heterocycles. The Bertz CT molecular complexity index is 426. The Kier molecular flexibility index (Phi) is 4.04. The van der Waals surface area contributed by atoms with E-state index in [0.29, 0.717) is 0 Å². The van der Waals surface area contributed by atoms with Gasteiger partial charge in [0.15, 0.2) is 5.82 Å². The summed E-state index contributed by atoms with van der Waals surface area (Å²) in [4.78, 5) is 26.6. The second kappa shape index (κ2) is 5.29. The van der Waals surface area contributed by atoms with Gasteiger partial charge in [-0.05, 0) is 13.8 Å². The Morgan fingerprint density at radius 2 is 2.31 bits per heavy atom. The Labute approximate surface area is 93.3 Å². The highest BCUT2D eigenvalue weighted by molar-refractivity contribution is 5.74. The van der Waals surface area contributed by atoms with Gasteiger partial charge in [0.25, 0.3) is 5.56 Å². The van der Waals surface area contributed by atoms with Crippen LogP contribution in [-0.4, -0.2) is 29.2 Å². The predicted molar refractivity (Wildman–Crippen MR) is 59.4 cm³/mol. The first-order valence-electron chi connectivity index (χ1n) is 4.94. The highest BCUT2D eigenvalue weighted by atomic mass is 16.5. The minimum absolute atomic E-state index is 0.0502. The van der Waals surface area contributed by atoms with Gasteiger partial charge in [0.2, 0.25) is 0 Å². The number of nitrogens with zero attached hydrogens (tertiary/aromatic N) is 2. The minimum atomic E-state index is -0.443. The SMILES string of the molecule is COC(=O)CNc1nccn(C(C)C)c1=O. The third-order valence-corrected chi connectivity index (χ3v) is 2.05. The molecule has 0 aliphatic heterocycles. The Morgan fingerprint density at radius 3 is 2.88 bits per heavy atom. The second-order valence-corrected chi connectivity index (χ2v) is 3.51. The number of hydrogen-bond donors (Lipinski definition) is 1. The van der Waals surface area contributed by atoms with E-state index in [-0.39, 0.29) is 24.0 Å². The monoisotopic (exact) mass is 225 g/mol. The van der Waals surface area contributed by atoms with Crippen molar-refractivity contribution in [3.05, 3.63) is 22.7 Å². The van der Waals surface area contributed by atoms with Crippen LogP contribution in [0, 0.1) is 0 Å².